The largest absolute Gasteiger partial charge is 0.508 e. The summed E-state index contributed by atoms with van der Waals surface area (Å²) >= 11 is 0. The van der Waals surface area contributed by atoms with Crippen LogP contribution < -0.4 is 4.74 Å². The first kappa shape index (κ1) is 14.4. The number of phenols is 2. The molecular weight excluding hydrogens is 280 g/mol. The Balaban J connectivity index is 1.89. The molecule has 0 heterocycles. The molecule has 0 unspecified atom stereocenters. The van der Waals surface area contributed by atoms with E-state index in [4.69, 9.17) is 4.74 Å². The molecule has 0 saturated heterocycles. The van der Waals surface area contributed by atoms with Gasteiger partial charge in [0.25, 0.3) is 0 Å². The molecule has 4 nitrogen and oxygen atoms in total. The van der Waals surface area contributed by atoms with Crippen molar-refractivity contribution in [3.8, 4) is 17.2 Å². The fraction of sp³-hybridized carbons (Fsp3) is 0.278. The molecule has 3 rings (SSSR count). The Morgan fingerprint density at radius 1 is 1.09 bits per heavy atom. The summed E-state index contributed by atoms with van der Waals surface area (Å²) in [5, 5.41) is 19.4. The van der Waals surface area contributed by atoms with Gasteiger partial charge in [-0.05, 0) is 61.9 Å². The summed E-state index contributed by atoms with van der Waals surface area (Å²) in [5.74, 6) is -0.254. The quantitative estimate of drug-likeness (QED) is 0.658. The molecule has 2 aromatic rings. The van der Waals surface area contributed by atoms with Crippen LogP contribution in [0.4, 0.5) is 0 Å². The number of ether oxygens (including phenoxy) is 1. The summed E-state index contributed by atoms with van der Waals surface area (Å²) in [6, 6.07) is 8.36. The minimum atomic E-state index is -0.579. The average molecular weight is 298 g/mol. The fourth-order valence-electron chi connectivity index (χ4n) is 2.80. The summed E-state index contributed by atoms with van der Waals surface area (Å²) < 4.78 is 5.49. The van der Waals surface area contributed by atoms with Gasteiger partial charge in [-0.2, -0.15) is 0 Å². The molecule has 0 radical (unpaired) electrons. The number of aryl methyl sites for hydroxylation is 1. The van der Waals surface area contributed by atoms with Crippen molar-refractivity contribution in [2.45, 2.75) is 32.6 Å². The van der Waals surface area contributed by atoms with Gasteiger partial charge in [-0.3, -0.25) is 0 Å². The standard InChI is InChI=1S/C18H18O4/c1-11-15(19)9-13(10-16(11)20)18(21)22-17-8-4-6-12-5-2-3-7-14(12)17/h4,6,8-10,19-20H,2-3,5,7H2,1H3. The van der Waals surface area contributed by atoms with Crippen molar-refractivity contribution in [3.05, 3.63) is 52.6 Å². The lowest BCUT2D eigenvalue weighted by atomic mass is 9.91. The molecule has 22 heavy (non-hydrogen) atoms. The Bertz CT molecular complexity index is 711. The number of rotatable bonds is 2. The average Bonchev–Trinajstić information content (AvgIpc) is 2.52. The monoisotopic (exact) mass is 298 g/mol. The zero-order chi connectivity index (χ0) is 15.7. The minimum Gasteiger partial charge on any atom is -0.508 e. The van der Waals surface area contributed by atoms with Crippen molar-refractivity contribution >= 4 is 5.97 Å². The van der Waals surface area contributed by atoms with Gasteiger partial charge >= 0.3 is 5.97 Å². The molecular formula is C18H18O4. The van der Waals surface area contributed by atoms with E-state index in [1.165, 1.54) is 17.7 Å². The van der Waals surface area contributed by atoms with E-state index in [0.717, 1.165) is 31.2 Å². The van der Waals surface area contributed by atoms with Gasteiger partial charge in [0, 0.05) is 5.56 Å². The van der Waals surface area contributed by atoms with Crippen molar-refractivity contribution in [1.29, 1.82) is 0 Å². The van der Waals surface area contributed by atoms with Crippen LogP contribution in [0.1, 0.15) is 39.9 Å². The number of benzene rings is 2. The van der Waals surface area contributed by atoms with Crippen molar-refractivity contribution in [3.63, 3.8) is 0 Å². The van der Waals surface area contributed by atoms with Crippen LogP contribution in [0, 0.1) is 6.92 Å². The molecule has 0 saturated carbocycles. The SMILES string of the molecule is Cc1c(O)cc(C(=O)Oc2cccc3c2CCCC3)cc1O. The zero-order valence-corrected chi connectivity index (χ0v) is 12.4. The van der Waals surface area contributed by atoms with Crippen LogP contribution in [0.5, 0.6) is 17.2 Å². The van der Waals surface area contributed by atoms with Crippen LogP contribution in [-0.2, 0) is 12.8 Å². The van der Waals surface area contributed by atoms with E-state index < -0.39 is 5.97 Å². The topological polar surface area (TPSA) is 66.8 Å². The smallest absolute Gasteiger partial charge is 0.343 e. The Hall–Kier alpha value is -2.49. The molecule has 2 N–H and O–H groups in total. The highest BCUT2D eigenvalue weighted by Crippen LogP contribution is 2.31. The van der Waals surface area contributed by atoms with Gasteiger partial charge in [0.1, 0.15) is 17.2 Å². The lowest BCUT2D eigenvalue weighted by molar-refractivity contribution is 0.0732. The lowest BCUT2D eigenvalue weighted by Crippen LogP contribution is -2.12. The predicted molar refractivity (Wildman–Crippen MR) is 82.6 cm³/mol. The van der Waals surface area contributed by atoms with Crippen LogP contribution in [-0.4, -0.2) is 16.2 Å². The maximum absolute atomic E-state index is 12.3. The van der Waals surface area contributed by atoms with Crippen molar-refractivity contribution < 1.29 is 19.7 Å². The number of carbonyl (C=O) groups excluding carboxylic acids is 1. The Kier molecular flexibility index (Phi) is 3.75. The van der Waals surface area contributed by atoms with Gasteiger partial charge in [0.05, 0.1) is 5.56 Å². The fourth-order valence-corrected chi connectivity index (χ4v) is 2.80. The molecule has 4 heteroatoms. The second kappa shape index (κ2) is 5.72. The van der Waals surface area contributed by atoms with Crippen molar-refractivity contribution in [2.24, 2.45) is 0 Å². The summed E-state index contributed by atoms with van der Waals surface area (Å²) in [6.07, 6.45) is 4.16. The molecule has 0 aromatic heterocycles. The summed E-state index contributed by atoms with van der Waals surface area (Å²) in [5.41, 5.74) is 2.79. The van der Waals surface area contributed by atoms with Gasteiger partial charge in [-0.25, -0.2) is 4.79 Å². The van der Waals surface area contributed by atoms with Crippen molar-refractivity contribution in [2.75, 3.05) is 0 Å². The first-order valence-corrected chi connectivity index (χ1v) is 7.42. The number of carbonyl (C=O) groups is 1. The van der Waals surface area contributed by atoms with Crippen LogP contribution >= 0.6 is 0 Å². The number of hydrogen-bond acceptors (Lipinski definition) is 4. The molecule has 1 aliphatic carbocycles. The number of esters is 1. The number of aromatic hydroxyl groups is 2. The zero-order valence-electron chi connectivity index (χ0n) is 12.4. The molecule has 0 fully saturated rings. The molecule has 0 atom stereocenters. The first-order valence-electron chi connectivity index (χ1n) is 7.42. The highest BCUT2D eigenvalue weighted by atomic mass is 16.5. The Morgan fingerprint density at radius 2 is 1.77 bits per heavy atom. The van der Waals surface area contributed by atoms with E-state index in [2.05, 4.69) is 6.07 Å². The van der Waals surface area contributed by atoms with E-state index in [1.54, 1.807) is 13.0 Å². The molecule has 0 bridgehead atoms. The summed E-state index contributed by atoms with van der Waals surface area (Å²) in [6.45, 7) is 1.58. The second-order valence-corrected chi connectivity index (χ2v) is 5.63. The van der Waals surface area contributed by atoms with Gasteiger partial charge in [0.2, 0.25) is 0 Å². The van der Waals surface area contributed by atoms with Crippen molar-refractivity contribution in [1.82, 2.24) is 0 Å². The molecule has 114 valence electrons. The third-order valence-electron chi connectivity index (χ3n) is 4.14. The van der Waals surface area contributed by atoms with E-state index in [1.807, 2.05) is 6.07 Å². The highest BCUT2D eigenvalue weighted by molar-refractivity contribution is 5.92. The molecule has 0 aliphatic heterocycles. The van der Waals surface area contributed by atoms with Crippen LogP contribution in [0.25, 0.3) is 0 Å². The highest BCUT2D eigenvalue weighted by Gasteiger charge is 2.18. The summed E-state index contributed by atoms with van der Waals surface area (Å²) in [7, 11) is 0. The number of hydrogen-bond donors (Lipinski definition) is 2. The predicted octanol–water partition coefficient (Wildman–Crippen LogP) is 3.50. The molecule has 2 aromatic carbocycles. The van der Waals surface area contributed by atoms with E-state index in [0.29, 0.717) is 11.3 Å². The minimum absolute atomic E-state index is 0.123. The molecule has 0 amide bonds. The van der Waals surface area contributed by atoms with Gasteiger partial charge < -0.3 is 14.9 Å². The lowest BCUT2D eigenvalue weighted by Gasteiger charge is -2.18. The normalized spacial score (nSPS) is 13.5. The van der Waals surface area contributed by atoms with Crippen LogP contribution in [0.15, 0.2) is 30.3 Å². The van der Waals surface area contributed by atoms with Crippen LogP contribution in [0.3, 0.4) is 0 Å². The number of fused-ring (bicyclic) bond motifs is 1. The third kappa shape index (κ3) is 2.64. The third-order valence-corrected chi connectivity index (χ3v) is 4.14. The van der Waals surface area contributed by atoms with Gasteiger partial charge in [-0.15, -0.1) is 0 Å². The maximum atomic E-state index is 12.3. The Morgan fingerprint density at radius 3 is 2.50 bits per heavy atom. The van der Waals surface area contributed by atoms with Crippen LogP contribution in [0.2, 0.25) is 0 Å². The molecule has 1 aliphatic rings. The maximum Gasteiger partial charge on any atom is 0.343 e. The van der Waals surface area contributed by atoms with E-state index in [-0.39, 0.29) is 17.1 Å². The molecule has 0 spiro atoms. The first-order chi connectivity index (χ1) is 10.6. The van der Waals surface area contributed by atoms with Gasteiger partial charge in [0.15, 0.2) is 0 Å². The van der Waals surface area contributed by atoms with Gasteiger partial charge in [-0.1, -0.05) is 12.1 Å². The van der Waals surface area contributed by atoms with E-state index >= 15 is 0 Å². The number of phenolic OH excluding ortho intramolecular Hbond substituents is 2. The van der Waals surface area contributed by atoms with E-state index in [9.17, 15) is 15.0 Å². The Labute approximate surface area is 129 Å². The second-order valence-electron chi connectivity index (χ2n) is 5.63. The summed E-state index contributed by atoms with van der Waals surface area (Å²) in [4.78, 5) is 12.3.